The summed E-state index contributed by atoms with van der Waals surface area (Å²) >= 11 is 5.98. The SMILES string of the molecule is Cn1cccc1-c1nnc(-c2cc(Cl)ccc2N)[nH]1. The second-order valence-corrected chi connectivity index (χ2v) is 4.69. The van der Waals surface area contributed by atoms with Gasteiger partial charge in [0.1, 0.15) is 0 Å². The lowest BCUT2D eigenvalue weighted by Gasteiger charge is -2.02. The van der Waals surface area contributed by atoms with Crippen molar-refractivity contribution in [1.82, 2.24) is 19.7 Å². The standard InChI is InChI=1S/C13H12ClN5/c1-19-6-2-3-11(19)13-16-12(17-18-13)9-7-8(14)4-5-10(9)15/h2-7H,15H2,1H3,(H,16,17,18). The van der Waals surface area contributed by atoms with Gasteiger partial charge < -0.3 is 15.3 Å². The lowest BCUT2D eigenvalue weighted by molar-refractivity contribution is 0.922. The largest absolute Gasteiger partial charge is 0.398 e. The summed E-state index contributed by atoms with van der Waals surface area (Å²) in [5.74, 6) is 1.30. The van der Waals surface area contributed by atoms with Gasteiger partial charge >= 0.3 is 0 Å². The van der Waals surface area contributed by atoms with Crippen LogP contribution < -0.4 is 5.73 Å². The average molecular weight is 274 g/mol. The van der Waals surface area contributed by atoms with Gasteiger partial charge in [-0.15, -0.1) is 10.2 Å². The molecule has 19 heavy (non-hydrogen) atoms. The van der Waals surface area contributed by atoms with Crippen LogP contribution in [0.4, 0.5) is 5.69 Å². The first kappa shape index (κ1) is 11.8. The van der Waals surface area contributed by atoms with Crippen LogP contribution in [-0.2, 0) is 7.05 Å². The van der Waals surface area contributed by atoms with Crippen LogP contribution in [0.1, 0.15) is 0 Å². The van der Waals surface area contributed by atoms with E-state index < -0.39 is 0 Å². The summed E-state index contributed by atoms with van der Waals surface area (Å²) < 4.78 is 1.96. The molecule has 5 nitrogen and oxygen atoms in total. The first-order valence-corrected chi connectivity index (χ1v) is 6.13. The van der Waals surface area contributed by atoms with Crippen LogP contribution in [0, 0.1) is 0 Å². The Hall–Kier alpha value is -2.27. The Morgan fingerprint density at radius 3 is 2.74 bits per heavy atom. The molecule has 0 saturated heterocycles. The molecule has 0 bridgehead atoms. The molecule has 1 aromatic carbocycles. The maximum Gasteiger partial charge on any atom is 0.178 e. The molecule has 0 saturated carbocycles. The van der Waals surface area contributed by atoms with E-state index in [-0.39, 0.29) is 0 Å². The van der Waals surface area contributed by atoms with E-state index in [0.29, 0.717) is 22.4 Å². The van der Waals surface area contributed by atoms with Crippen LogP contribution >= 0.6 is 11.6 Å². The molecule has 96 valence electrons. The summed E-state index contributed by atoms with van der Waals surface area (Å²) in [7, 11) is 1.95. The number of H-pyrrole nitrogens is 1. The molecule has 6 heteroatoms. The Kier molecular flexibility index (Phi) is 2.76. The van der Waals surface area contributed by atoms with Gasteiger partial charge in [-0.05, 0) is 30.3 Å². The van der Waals surface area contributed by atoms with E-state index in [0.717, 1.165) is 11.3 Å². The van der Waals surface area contributed by atoms with Crippen LogP contribution in [0.5, 0.6) is 0 Å². The molecule has 3 aromatic rings. The van der Waals surface area contributed by atoms with Crippen molar-refractivity contribution in [2.75, 3.05) is 5.73 Å². The molecule has 0 amide bonds. The number of hydrogen-bond acceptors (Lipinski definition) is 3. The zero-order chi connectivity index (χ0) is 13.4. The van der Waals surface area contributed by atoms with E-state index in [1.165, 1.54) is 0 Å². The minimum absolute atomic E-state index is 0.608. The first-order chi connectivity index (χ1) is 9.15. The van der Waals surface area contributed by atoms with Gasteiger partial charge in [0.25, 0.3) is 0 Å². The molecular weight excluding hydrogens is 262 g/mol. The summed E-state index contributed by atoms with van der Waals surface area (Å²) in [5.41, 5.74) is 8.25. The Labute approximate surface area is 115 Å². The fraction of sp³-hybridized carbons (Fsp3) is 0.0769. The van der Waals surface area contributed by atoms with Crippen LogP contribution in [0.3, 0.4) is 0 Å². The highest BCUT2D eigenvalue weighted by Gasteiger charge is 2.11. The van der Waals surface area contributed by atoms with E-state index in [9.17, 15) is 0 Å². The summed E-state index contributed by atoms with van der Waals surface area (Å²) in [6.45, 7) is 0. The molecule has 0 atom stereocenters. The maximum atomic E-state index is 5.98. The number of aromatic nitrogens is 4. The van der Waals surface area contributed by atoms with Crippen molar-refractivity contribution in [3.05, 3.63) is 41.6 Å². The zero-order valence-electron chi connectivity index (χ0n) is 10.3. The summed E-state index contributed by atoms with van der Waals surface area (Å²) in [4.78, 5) is 3.16. The van der Waals surface area contributed by atoms with Crippen molar-refractivity contribution >= 4 is 17.3 Å². The number of rotatable bonds is 2. The number of hydrogen-bond donors (Lipinski definition) is 2. The number of anilines is 1. The van der Waals surface area contributed by atoms with Gasteiger partial charge in [-0.2, -0.15) is 0 Å². The summed E-state index contributed by atoms with van der Waals surface area (Å²) in [6, 6.07) is 9.18. The van der Waals surface area contributed by atoms with Gasteiger partial charge in [0.15, 0.2) is 11.6 Å². The molecule has 0 aliphatic carbocycles. The third-order valence-electron chi connectivity index (χ3n) is 2.94. The average Bonchev–Trinajstić information content (AvgIpc) is 3.00. The fourth-order valence-electron chi connectivity index (χ4n) is 1.94. The van der Waals surface area contributed by atoms with Crippen LogP contribution in [0.15, 0.2) is 36.5 Å². The second kappa shape index (κ2) is 4.44. The van der Waals surface area contributed by atoms with Gasteiger partial charge in [0.05, 0.1) is 5.69 Å². The van der Waals surface area contributed by atoms with Crippen molar-refractivity contribution in [2.24, 2.45) is 7.05 Å². The number of nitrogen functional groups attached to an aromatic ring is 1. The Balaban J connectivity index is 2.06. The van der Waals surface area contributed by atoms with Gasteiger partial charge in [-0.1, -0.05) is 11.6 Å². The monoisotopic (exact) mass is 273 g/mol. The highest BCUT2D eigenvalue weighted by molar-refractivity contribution is 6.31. The molecule has 3 rings (SSSR count). The number of nitrogens with two attached hydrogens (primary N) is 1. The smallest absolute Gasteiger partial charge is 0.178 e. The van der Waals surface area contributed by atoms with Gasteiger partial charge in [-0.25, -0.2) is 0 Å². The third kappa shape index (κ3) is 2.08. The molecule has 2 heterocycles. The van der Waals surface area contributed by atoms with Crippen molar-refractivity contribution in [3.63, 3.8) is 0 Å². The number of aromatic amines is 1. The lowest BCUT2D eigenvalue weighted by atomic mass is 10.2. The minimum atomic E-state index is 0.608. The van der Waals surface area contributed by atoms with E-state index in [4.69, 9.17) is 17.3 Å². The topological polar surface area (TPSA) is 72.5 Å². The quantitative estimate of drug-likeness (QED) is 0.705. The normalized spacial score (nSPS) is 10.8. The number of nitrogens with zero attached hydrogens (tertiary/aromatic N) is 3. The predicted octanol–water partition coefficient (Wildman–Crippen LogP) is 2.71. The summed E-state index contributed by atoms with van der Waals surface area (Å²) in [5, 5.41) is 8.88. The van der Waals surface area contributed by atoms with Gasteiger partial charge in [-0.3, -0.25) is 0 Å². The number of halogens is 1. The predicted molar refractivity (Wildman–Crippen MR) is 75.6 cm³/mol. The molecule has 0 spiro atoms. The van der Waals surface area contributed by atoms with Crippen molar-refractivity contribution < 1.29 is 0 Å². The van der Waals surface area contributed by atoms with Crippen molar-refractivity contribution in [1.29, 1.82) is 0 Å². The third-order valence-corrected chi connectivity index (χ3v) is 3.18. The molecule has 3 N–H and O–H groups in total. The van der Waals surface area contributed by atoms with Gasteiger partial charge in [0, 0.05) is 29.5 Å². The zero-order valence-corrected chi connectivity index (χ0v) is 11.0. The fourth-order valence-corrected chi connectivity index (χ4v) is 2.11. The van der Waals surface area contributed by atoms with Crippen LogP contribution in [0.2, 0.25) is 5.02 Å². The van der Waals surface area contributed by atoms with E-state index >= 15 is 0 Å². The molecule has 0 aliphatic rings. The molecule has 2 aromatic heterocycles. The van der Waals surface area contributed by atoms with E-state index in [1.54, 1.807) is 18.2 Å². The summed E-state index contributed by atoms with van der Waals surface area (Å²) in [6.07, 6.45) is 1.95. The number of benzene rings is 1. The highest BCUT2D eigenvalue weighted by atomic mass is 35.5. The Bertz CT molecular complexity index is 728. The minimum Gasteiger partial charge on any atom is -0.398 e. The molecular formula is C13H12ClN5. The van der Waals surface area contributed by atoms with Gasteiger partial charge in [0.2, 0.25) is 0 Å². The Morgan fingerprint density at radius 1 is 1.21 bits per heavy atom. The van der Waals surface area contributed by atoms with Crippen molar-refractivity contribution in [3.8, 4) is 22.9 Å². The highest BCUT2D eigenvalue weighted by Crippen LogP contribution is 2.27. The van der Waals surface area contributed by atoms with E-state index in [2.05, 4.69) is 15.2 Å². The number of aryl methyl sites for hydroxylation is 1. The first-order valence-electron chi connectivity index (χ1n) is 5.75. The van der Waals surface area contributed by atoms with Crippen LogP contribution in [-0.4, -0.2) is 19.7 Å². The Morgan fingerprint density at radius 2 is 2.00 bits per heavy atom. The molecule has 0 aliphatic heterocycles. The molecule has 0 fully saturated rings. The number of nitrogens with one attached hydrogen (secondary N) is 1. The second-order valence-electron chi connectivity index (χ2n) is 4.26. The molecule has 0 unspecified atom stereocenters. The van der Waals surface area contributed by atoms with Crippen LogP contribution in [0.25, 0.3) is 22.9 Å². The van der Waals surface area contributed by atoms with E-state index in [1.807, 2.05) is 29.9 Å². The molecule has 0 radical (unpaired) electrons. The maximum absolute atomic E-state index is 5.98. The lowest BCUT2D eigenvalue weighted by Crippen LogP contribution is -1.92. The van der Waals surface area contributed by atoms with Crippen molar-refractivity contribution in [2.45, 2.75) is 0 Å².